The minimum Gasteiger partial charge on any atom is -0.354 e. The van der Waals surface area contributed by atoms with Gasteiger partial charge >= 0.3 is 0 Å². The van der Waals surface area contributed by atoms with Crippen LogP contribution in [-0.2, 0) is 0 Å². The molecule has 0 saturated carbocycles. The van der Waals surface area contributed by atoms with E-state index >= 15 is 0 Å². The number of aromatic nitrogens is 1. The standard InChI is InChI=1S/C15H7F4NO/c16-7-1-2-14-8(3-7)10(6-21)15(20-14)9-4-12(18)13(19)5-11(9)17/h1-6,20H. The molecule has 0 amide bonds. The fraction of sp³-hybridized carbons (Fsp3) is 0. The monoisotopic (exact) mass is 293 g/mol. The lowest BCUT2D eigenvalue weighted by molar-refractivity contribution is 0.112. The molecule has 3 rings (SSSR count). The highest BCUT2D eigenvalue weighted by molar-refractivity contribution is 6.04. The molecular weight excluding hydrogens is 286 g/mol. The van der Waals surface area contributed by atoms with Crippen molar-refractivity contribution in [1.29, 1.82) is 0 Å². The highest BCUT2D eigenvalue weighted by atomic mass is 19.2. The van der Waals surface area contributed by atoms with Crippen LogP contribution in [0, 0.1) is 23.3 Å². The number of hydrogen-bond acceptors (Lipinski definition) is 1. The Bertz CT molecular complexity index is 870. The number of nitrogens with one attached hydrogen (secondary N) is 1. The fourth-order valence-electron chi connectivity index (χ4n) is 2.23. The number of aldehydes is 1. The molecule has 1 N–H and O–H groups in total. The van der Waals surface area contributed by atoms with Crippen molar-refractivity contribution in [3.05, 3.63) is 59.2 Å². The molecule has 6 heteroatoms. The van der Waals surface area contributed by atoms with Crippen molar-refractivity contribution in [2.24, 2.45) is 0 Å². The van der Waals surface area contributed by atoms with E-state index in [-0.39, 0.29) is 22.2 Å². The molecule has 0 radical (unpaired) electrons. The van der Waals surface area contributed by atoms with E-state index < -0.39 is 23.3 Å². The second-order valence-corrected chi connectivity index (χ2v) is 4.47. The molecule has 2 aromatic carbocycles. The van der Waals surface area contributed by atoms with Crippen LogP contribution in [0.5, 0.6) is 0 Å². The van der Waals surface area contributed by atoms with Crippen molar-refractivity contribution in [2.75, 3.05) is 0 Å². The first-order valence-corrected chi connectivity index (χ1v) is 5.92. The van der Waals surface area contributed by atoms with Crippen LogP contribution in [0.1, 0.15) is 10.4 Å². The van der Waals surface area contributed by atoms with Gasteiger partial charge in [0, 0.05) is 28.1 Å². The Hall–Kier alpha value is -2.63. The van der Waals surface area contributed by atoms with E-state index in [0.29, 0.717) is 23.9 Å². The predicted molar refractivity (Wildman–Crippen MR) is 69.0 cm³/mol. The predicted octanol–water partition coefficient (Wildman–Crippen LogP) is 4.20. The number of rotatable bonds is 2. The molecular formula is C15H7F4NO. The molecule has 0 aliphatic carbocycles. The van der Waals surface area contributed by atoms with E-state index in [1.165, 1.54) is 12.1 Å². The summed E-state index contributed by atoms with van der Waals surface area (Å²) < 4.78 is 53.3. The molecule has 2 nitrogen and oxygen atoms in total. The summed E-state index contributed by atoms with van der Waals surface area (Å²) in [6.45, 7) is 0. The summed E-state index contributed by atoms with van der Waals surface area (Å²) in [4.78, 5) is 13.9. The number of carbonyl (C=O) groups excluding carboxylic acids is 1. The zero-order chi connectivity index (χ0) is 15.1. The molecule has 106 valence electrons. The molecule has 1 aromatic heterocycles. The number of fused-ring (bicyclic) bond motifs is 1. The largest absolute Gasteiger partial charge is 0.354 e. The summed E-state index contributed by atoms with van der Waals surface area (Å²) in [5, 5.41) is 0.240. The SMILES string of the molecule is O=Cc1c(-c2cc(F)c(F)cc2F)[nH]c2ccc(F)cc12. The Morgan fingerprint density at radius 2 is 1.62 bits per heavy atom. The lowest BCUT2D eigenvalue weighted by Gasteiger charge is -2.03. The first-order chi connectivity index (χ1) is 10.0. The third-order valence-electron chi connectivity index (χ3n) is 3.20. The van der Waals surface area contributed by atoms with Gasteiger partial charge in [0.25, 0.3) is 0 Å². The van der Waals surface area contributed by atoms with E-state index in [1.807, 2.05) is 0 Å². The van der Waals surface area contributed by atoms with Gasteiger partial charge in [-0.25, -0.2) is 17.6 Å². The van der Waals surface area contributed by atoms with Crippen molar-refractivity contribution < 1.29 is 22.4 Å². The van der Waals surface area contributed by atoms with Crippen LogP contribution in [0.15, 0.2) is 30.3 Å². The molecule has 0 bridgehead atoms. The number of benzene rings is 2. The van der Waals surface area contributed by atoms with Crippen LogP contribution < -0.4 is 0 Å². The first-order valence-electron chi connectivity index (χ1n) is 5.92. The Morgan fingerprint density at radius 1 is 0.905 bits per heavy atom. The Kier molecular flexibility index (Phi) is 3.01. The summed E-state index contributed by atoms with van der Waals surface area (Å²) in [5.41, 5.74) is 0.0432. The van der Waals surface area contributed by atoms with Gasteiger partial charge in [-0.3, -0.25) is 4.79 Å². The van der Waals surface area contributed by atoms with Crippen LogP contribution in [0.4, 0.5) is 17.6 Å². The molecule has 1 heterocycles. The summed E-state index contributed by atoms with van der Waals surface area (Å²) in [6, 6.07) is 4.69. The highest BCUT2D eigenvalue weighted by Gasteiger charge is 2.18. The quantitative estimate of drug-likeness (QED) is 0.428. The average Bonchev–Trinajstić information content (AvgIpc) is 2.80. The number of carbonyl (C=O) groups is 1. The van der Waals surface area contributed by atoms with E-state index in [2.05, 4.69) is 4.98 Å². The van der Waals surface area contributed by atoms with E-state index in [9.17, 15) is 22.4 Å². The molecule has 0 saturated heterocycles. The van der Waals surface area contributed by atoms with Gasteiger partial charge in [-0.05, 0) is 24.3 Å². The summed E-state index contributed by atoms with van der Waals surface area (Å²) in [6.07, 6.45) is 0.411. The Labute approximate surface area is 116 Å². The van der Waals surface area contributed by atoms with Gasteiger partial charge in [0.15, 0.2) is 17.9 Å². The van der Waals surface area contributed by atoms with Crippen molar-refractivity contribution in [3.8, 4) is 11.3 Å². The number of hydrogen-bond donors (Lipinski definition) is 1. The minimum absolute atomic E-state index is 0.0191. The van der Waals surface area contributed by atoms with Crippen LogP contribution >= 0.6 is 0 Å². The third kappa shape index (κ3) is 2.08. The number of H-pyrrole nitrogens is 1. The molecule has 0 spiro atoms. The lowest BCUT2D eigenvalue weighted by Crippen LogP contribution is -1.93. The van der Waals surface area contributed by atoms with Gasteiger partial charge in [0.1, 0.15) is 11.6 Å². The second kappa shape index (κ2) is 4.73. The molecule has 3 aromatic rings. The summed E-state index contributed by atoms with van der Waals surface area (Å²) in [7, 11) is 0. The fourth-order valence-corrected chi connectivity index (χ4v) is 2.23. The van der Waals surface area contributed by atoms with Crippen LogP contribution in [0.25, 0.3) is 22.2 Å². The summed E-state index contributed by atoms with van der Waals surface area (Å²) in [5.74, 6) is -4.16. The van der Waals surface area contributed by atoms with Gasteiger partial charge in [0.05, 0.1) is 5.69 Å². The average molecular weight is 293 g/mol. The van der Waals surface area contributed by atoms with Crippen molar-refractivity contribution in [1.82, 2.24) is 4.98 Å². The van der Waals surface area contributed by atoms with Crippen molar-refractivity contribution in [3.63, 3.8) is 0 Å². The van der Waals surface area contributed by atoms with Crippen LogP contribution in [0.2, 0.25) is 0 Å². The third-order valence-corrected chi connectivity index (χ3v) is 3.20. The molecule has 0 fully saturated rings. The second-order valence-electron chi connectivity index (χ2n) is 4.47. The topological polar surface area (TPSA) is 32.9 Å². The minimum atomic E-state index is -1.33. The molecule has 0 atom stereocenters. The van der Waals surface area contributed by atoms with Gasteiger partial charge < -0.3 is 4.98 Å². The van der Waals surface area contributed by atoms with Gasteiger partial charge in [0.2, 0.25) is 0 Å². The van der Waals surface area contributed by atoms with Crippen LogP contribution in [-0.4, -0.2) is 11.3 Å². The maximum Gasteiger partial charge on any atom is 0.161 e. The number of aromatic amines is 1. The lowest BCUT2D eigenvalue weighted by atomic mass is 10.1. The smallest absolute Gasteiger partial charge is 0.161 e. The van der Waals surface area contributed by atoms with Crippen molar-refractivity contribution >= 4 is 17.2 Å². The van der Waals surface area contributed by atoms with Gasteiger partial charge in [-0.1, -0.05) is 0 Å². The van der Waals surface area contributed by atoms with Gasteiger partial charge in [-0.15, -0.1) is 0 Å². The molecule has 0 unspecified atom stereocenters. The van der Waals surface area contributed by atoms with Crippen molar-refractivity contribution in [2.45, 2.75) is 0 Å². The van der Waals surface area contributed by atoms with E-state index in [4.69, 9.17) is 0 Å². The maximum absolute atomic E-state index is 13.8. The van der Waals surface area contributed by atoms with E-state index in [0.717, 1.165) is 6.07 Å². The Balaban J connectivity index is 2.35. The first kappa shape index (κ1) is 13.4. The van der Waals surface area contributed by atoms with Gasteiger partial charge in [-0.2, -0.15) is 0 Å². The number of halogens is 4. The van der Waals surface area contributed by atoms with E-state index in [1.54, 1.807) is 0 Å². The maximum atomic E-state index is 13.8. The van der Waals surface area contributed by atoms with Crippen LogP contribution in [0.3, 0.4) is 0 Å². The normalized spacial score (nSPS) is 11.0. The summed E-state index contributed by atoms with van der Waals surface area (Å²) >= 11 is 0. The molecule has 21 heavy (non-hydrogen) atoms. The zero-order valence-corrected chi connectivity index (χ0v) is 10.4. The zero-order valence-electron chi connectivity index (χ0n) is 10.4. The molecule has 0 aliphatic heterocycles. The highest BCUT2D eigenvalue weighted by Crippen LogP contribution is 2.32. The Morgan fingerprint density at radius 3 is 2.33 bits per heavy atom. The molecule has 0 aliphatic rings.